The van der Waals surface area contributed by atoms with Crippen LogP contribution in [0.5, 0.6) is 0 Å². The molecule has 380 valence electrons. The van der Waals surface area contributed by atoms with Crippen LogP contribution in [0.1, 0.15) is 162 Å². The molecule has 0 amide bonds. The zero-order valence-corrected chi connectivity index (χ0v) is 40.9. The maximum Gasteiger partial charge on any atom is 0.472 e. The van der Waals surface area contributed by atoms with Crippen molar-refractivity contribution in [1.29, 1.82) is 0 Å². The third-order valence-corrected chi connectivity index (χ3v) is 12.0. The van der Waals surface area contributed by atoms with Gasteiger partial charge in [-0.15, -0.1) is 0 Å². The lowest BCUT2D eigenvalue weighted by atomic mass is 9.85. The molecule has 0 aliphatic heterocycles. The molecule has 66 heavy (non-hydrogen) atoms. The highest BCUT2D eigenvalue weighted by Crippen LogP contribution is 2.49. The van der Waals surface area contributed by atoms with E-state index in [-0.39, 0.29) is 18.6 Å². The van der Waals surface area contributed by atoms with Crippen molar-refractivity contribution in [2.45, 2.75) is 204 Å². The van der Waals surface area contributed by atoms with E-state index in [1.54, 1.807) is 12.2 Å². The first kappa shape index (κ1) is 61.4. The van der Waals surface area contributed by atoms with Crippen molar-refractivity contribution in [3.8, 4) is 0 Å². The van der Waals surface area contributed by atoms with E-state index in [0.29, 0.717) is 38.5 Å². The Kier molecular flexibility index (Phi) is 34.7. The van der Waals surface area contributed by atoms with Gasteiger partial charge in [0.05, 0.1) is 6.61 Å². The lowest BCUT2D eigenvalue weighted by molar-refractivity contribution is -0.216. The molecule has 5 unspecified atom stereocenters. The quantitative estimate of drug-likeness (QED) is 0.00763. The summed E-state index contributed by atoms with van der Waals surface area (Å²) in [5, 5.41) is 41.2. The summed E-state index contributed by atoms with van der Waals surface area (Å²) in [5.41, 5.74) is 0. The molecule has 1 aliphatic rings. The Hall–Kier alpha value is -2.63. The van der Waals surface area contributed by atoms with Crippen LogP contribution in [0.25, 0.3) is 0 Å². The summed E-state index contributed by atoms with van der Waals surface area (Å²) in [7, 11) is -10.7. The number of esters is 2. The Bertz CT molecular complexity index is 1570. The molecule has 0 aromatic rings. The molecule has 8 atom stereocenters. The molecule has 1 aliphatic carbocycles. The predicted octanol–water partition coefficient (Wildman–Crippen LogP) is 8.24. The highest BCUT2D eigenvalue weighted by Gasteiger charge is 2.54. The number of rotatable bonds is 39. The molecule has 0 spiro atoms. The molecule has 1 saturated carbocycles. The van der Waals surface area contributed by atoms with E-state index in [4.69, 9.17) is 28.3 Å². The van der Waals surface area contributed by atoms with Crippen LogP contribution < -0.4 is 0 Å². The summed E-state index contributed by atoms with van der Waals surface area (Å²) >= 11 is 0. The average Bonchev–Trinajstić information content (AvgIpc) is 3.27. The standard InChI is InChI=1S/C47H80O17P2/c1-3-5-7-9-11-12-13-14-15-16-17-18-19-20-22-26-30-34-40(49)60-36-39(62-41(50)35-31-27-23-25-29-33-38(48)32-28-24-21-10-8-6-4-2)37-61-66(58,59)64-47-44(53)42(51)43(52)46(45(47)54)63-65(55,56)57/h14-15,17-18,20-22,24,28,32,39,42-47,51-54H,3-13,16,19,23,25-27,29-31,33-37H2,1-2H3,(H,58,59)(H2,55,56,57)/b15-14-,18-17-,22-20-,24-21-,32-28+/t39-,42?,43?,44?,45?,46-,47+/m1/s1. The molecule has 19 heteroatoms. The number of hydrogen-bond donors (Lipinski definition) is 7. The highest BCUT2D eigenvalue weighted by atomic mass is 31.2. The van der Waals surface area contributed by atoms with Crippen LogP contribution in [0.4, 0.5) is 0 Å². The molecule has 0 aromatic heterocycles. The third-order valence-electron chi connectivity index (χ3n) is 10.5. The van der Waals surface area contributed by atoms with Gasteiger partial charge in [-0.3, -0.25) is 28.0 Å². The molecular weight excluding hydrogens is 898 g/mol. The Morgan fingerprint density at radius 3 is 1.67 bits per heavy atom. The van der Waals surface area contributed by atoms with Gasteiger partial charge in [0.2, 0.25) is 0 Å². The second-order valence-corrected chi connectivity index (χ2v) is 19.1. The molecule has 17 nitrogen and oxygen atoms in total. The van der Waals surface area contributed by atoms with Gasteiger partial charge in [0.1, 0.15) is 43.2 Å². The fraction of sp³-hybridized carbons (Fsp3) is 0.723. The maximum atomic E-state index is 13.0. The van der Waals surface area contributed by atoms with Crippen molar-refractivity contribution in [2.24, 2.45) is 0 Å². The number of carbonyl (C=O) groups is 3. The number of ketones is 1. The monoisotopic (exact) mass is 978 g/mol. The SMILES string of the molecule is CCCCC/C=C\C=C\C(=O)CCCCCCCC(=O)O[C@H](COC(=O)CCC/C=C\C/C=C\C/C=C\CCCCCCCC)COP(=O)(O)O[C@H]1C(O)C(O)C(O)[C@@H](OP(=O)(O)O)C1O. The Labute approximate surface area is 392 Å². The van der Waals surface area contributed by atoms with Gasteiger partial charge in [0, 0.05) is 19.3 Å². The average molecular weight is 979 g/mol. The van der Waals surface area contributed by atoms with Crippen LogP contribution in [0.2, 0.25) is 0 Å². The van der Waals surface area contributed by atoms with Crippen LogP contribution in [0.3, 0.4) is 0 Å². The summed E-state index contributed by atoms with van der Waals surface area (Å²) < 4.78 is 49.2. The van der Waals surface area contributed by atoms with Crippen molar-refractivity contribution >= 4 is 33.4 Å². The molecule has 7 N–H and O–H groups in total. The van der Waals surface area contributed by atoms with Crippen molar-refractivity contribution in [1.82, 2.24) is 0 Å². The Balaban J connectivity index is 2.67. The van der Waals surface area contributed by atoms with Crippen LogP contribution >= 0.6 is 15.6 Å². The minimum absolute atomic E-state index is 0.0221. The van der Waals surface area contributed by atoms with Gasteiger partial charge in [-0.05, 0) is 70.3 Å². The lowest BCUT2D eigenvalue weighted by Gasteiger charge is -2.43. The largest absolute Gasteiger partial charge is 0.472 e. The summed E-state index contributed by atoms with van der Waals surface area (Å²) in [4.78, 5) is 66.3. The van der Waals surface area contributed by atoms with E-state index < -0.39 is 83.5 Å². The summed E-state index contributed by atoms with van der Waals surface area (Å²) in [6.45, 7) is 2.90. The molecule has 0 bridgehead atoms. The van der Waals surface area contributed by atoms with E-state index in [2.05, 4.69) is 42.7 Å². The fourth-order valence-corrected chi connectivity index (χ4v) is 8.33. The molecule has 1 rings (SSSR count). The van der Waals surface area contributed by atoms with Gasteiger partial charge in [0.25, 0.3) is 0 Å². The van der Waals surface area contributed by atoms with Crippen LogP contribution in [0, 0.1) is 0 Å². The smallest absolute Gasteiger partial charge is 0.462 e. The number of unbranched alkanes of at least 4 members (excludes halogenated alkanes) is 14. The van der Waals surface area contributed by atoms with Crippen molar-refractivity contribution < 1.29 is 81.7 Å². The molecule has 0 heterocycles. The van der Waals surface area contributed by atoms with Crippen LogP contribution in [-0.2, 0) is 46.6 Å². The number of phosphoric ester groups is 2. The first-order valence-corrected chi connectivity index (χ1v) is 26.8. The number of aliphatic hydroxyl groups excluding tert-OH is 4. The van der Waals surface area contributed by atoms with Gasteiger partial charge in [0.15, 0.2) is 11.9 Å². The molecule has 0 radical (unpaired) electrons. The second-order valence-electron chi connectivity index (χ2n) is 16.5. The van der Waals surface area contributed by atoms with E-state index >= 15 is 0 Å². The minimum atomic E-state index is -5.39. The van der Waals surface area contributed by atoms with Crippen LogP contribution in [0.15, 0.2) is 60.8 Å². The van der Waals surface area contributed by atoms with Crippen molar-refractivity contribution in [3.63, 3.8) is 0 Å². The van der Waals surface area contributed by atoms with E-state index in [1.165, 1.54) is 44.9 Å². The Morgan fingerprint density at radius 1 is 0.530 bits per heavy atom. The topological polar surface area (TPSA) is 273 Å². The molecule has 0 aromatic carbocycles. The second kappa shape index (κ2) is 37.3. The van der Waals surface area contributed by atoms with Gasteiger partial charge in [-0.1, -0.05) is 133 Å². The van der Waals surface area contributed by atoms with Crippen molar-refractivity contribution in [2.75, 3.05) is 13.2 Å². The lowest BCUT2D eigenvalue weighted by Crippen LogP contribution is -2.64. The van der Waals surface area contributed by atoms with Crippen molar-refractivity contribution in [3.05, 3.63) is 60.8 Å². The van der Waals surface area contributed by atoms with Gasteiger partial charge >= 0.3 is 27.6 Å². The van der Waals surface area contributed by atoms with E-state index in [9.17, 15) is 48.8 Å². The summed E-state index contributed by atoms with van der Waals surface area (Å²) in [6.07, 6.45) is 24.3. The third kappa shape index (κ3) is 31.4. The summed E-state index contributed by atoms with van der Waals surface area (Å²) in [5.74, 6) is -1.32. The van der Waals surface area contributed by atoms with Gasteiger partial charge in [-0.2, -0.15) is 0 Å². The number of hydrogen-bond acceptors (Lipinski definition) is 14. The maximum absolute atomic E-state index is 13.0. The highest BCUT2D eigenvalue weighted by molar-refractivity contribution is 7.47. The zero-order valence-electron chi connectivity index (χ0n) is 39.1. The summed E-state index contributed by atoms with van der Waals surface area (Å²) in [6, 6.07) is 0. The number of aliphatic hydroxyl groups is 4. The molecular formula is C47H80O17P2. The zero-order chi connectivity index (χ0) is 49.1. The predicted molar refractivity (Wildman–Crippen MR) is 251 cm³/mol. The Morgan fingerprint density at radius 2 is 1.03 bits per heavy atom. The minimum Gasteiger partial charge on any atom is -0.462 e. The fourth-order valence-electron chi connectivity index (χ4n) is 6.79. The first-order chi connectivity index (χ1) is 31.5. The number of allylic oxidation sites excluding steroid dienone is 10. The molecule has 0 saturated heterocycles. The van der Waals surface area contributed by atoms with Crippen LogP contribution in [-0.4, -0.2) is 109 Å². The van der Waals surface area contributed by atoms with Gasteiger partial charge in [-0.25, -0.2) is 9.13 Å². The number of carbonyl (C=O) groups excluding carboxylic acids is 3. The number of ether oxygens (including phenoxy) is 2. The van der Waals surface area contributed by atoms with Gasteiger partial charge < -0.3 is 44.6 Å². The number of phosphoric acid groups is 2. The normalized spacial score (nSPS) is 22.0. The molecule has 1 fully saturated rings. The van der Waals surface area contributed by atoms with E-state index in [1.807, 2.05) is 24.3 Å². The van der Waals surface area contributed by atoms with E-state index in [0.717, 1.165) is 51.4 Å². The first-order valence-electron chi connectivity index (χ1n) is 23.8.